The van der Waals surface area contributed by atoms with Gasteiger partial charge in [0, 0.05) is 25.7 Å². The number of nitrogens with zero attached hydrogens (tertiary/aromatic N) is 1. The largest absolute Gasteiger partial charge is 0.380 e. The molecule has 1 aliphatic heterocycles. The lowest BCUT2D eigenvalue weighted by Crippen LogP contribution is -2.33. The number of rotatable bonds is 7. The van der Waals surface area contributed by atoms with E-state index in [0.717, 1.165) is 32.8 Å². The standard InChI is InChI=1S/C17H28N2O/c1-2-3-13-20-14-12-19-11-7-10-18-17(15-19)16-8-5-4-6-9-16/h4-6,8-9,17-18H,2-3,7,10-15H2,1H3. The Morgan fingerprint density at radius 1 is 1.25 bits per heavy atom. The number of ether oxygens (including phenoxy) is 1. The van der Waals surface area contributed by atoms with Crippen molar-refractivity contribution >= 4 is 0 Å². The van der Waals surface area contributed by atoms with Gasteiger partial charge in [0.1, 0.15) is 0 Å². The van der Waals surface area contributed by atoms with Crippen molar-refractivity contribution in [3.8, 4) is 0 Å². The minimum atomic E-state index is 0.453. The minimum Gasteiger partial charge on any atom is -0.380 e. The van der Waals surface area contributed by atoms with Crippen LogP contribution in [0.1, 0.15) is 37.8 Å². The Balaban J connectivity index is 1.78. The molecule has 3 nitrogen and oxygen atoms in total. The topological polar surface area (TPSA) is 24.5 Å². The van der Waals surface area contributed by atoms with Crippen molar-refractivity contribution in [2.75, 3.05) is 39.4 Å². The third-order valence-corrected chi connectivity index (χ3v) is 3.88. The fourth-order valence-corrected chi connectivity index (χ4v) is 2.65. The van der Waals surface area contributed by atoms with E-state index in [-0.39, 0.29) is 0 Å². The van der Waals surface area contributed by atoms with E-state index in [1.165, 1.54) is 31.4 Å². The van der Waals surface area contributed by atoms with Gasteiger partial charge >= 0.3 is 0 Å². The maximum atomic E-state index is 5.70. The van der Waals surface area contributed by atoms with E-state index in [4.69, 9.17) is 4.74 Å². The second-order valence-electron chi connectivity index (χ2n) is 5.54. The molecule has 0 radical (unpaired) electrons. The summed E-state index contributed by atoms with van der Waals surface area (Å²) in [5.74, 6) is 0. The predicted molar refractivity (Wildman–Crippen MR) is 84.0 cm³/mol. The molecule has 112 valence electrons. The average molecular weight is 276 g/mol. The molecule has 2 rings (SSSR count). The minimum absolute atomic E-state index is 0.453. The first-order valence-corrected chi connectivity index (χ1v) is 7.98. The number of benzene rings is 1. The molecule has 3 heteroatoms. The summed E-state index contributed by atoms with van der Waals surface area (Å²) in [5.41, 5.74) is 1.39. The van der Waals surface area contributed by atoms with E-state index in [9.17, 15) is 0 Å². The van der Waals surface area contributed by atoms with E-state index >= 15 is 0 Å². The van der Waals surface area contributed by atoms with E-state index in [1.54, 1.807) is 0 Å². The second kappa shape index (κ2) is 9.11. The summed E-state index contributed by atoms with van der Waals surface area (Å²) in [5, 5.41) is 3.66. The lowest BCUT2D eigenvalue weighted by Gasteiger charge is -2.24. The maximum Gasteiger partial charge on any atom is 0.0593 e. The molecule has 1 N–H and O–H groups in total. The summed E-state index contributed by atoms with van der Waals surface area (Å²) >= 11 is 0. The zero-order chi connectivity index (χ0) is 14.0. The Labute approximate surface area is 123 Å². The number of nitrogens with one attached hydrogen (secondary N) is 1. The highest BCUT2D eigenvalue weighted by Gasteiger charge is 2.18. The molecule has 1 unspecified atom stereocenters. The Morgan fingerprint density at radius 3 is 2.90 bits per heavy atom. The van der Waals surface area contributed by atoms with Gasteiger partial charge in [-0.25, -0.2) is 0 Å². The molecule has 0 aromatic heterocycles. The quantitative estimate of drug-likeness (QED) is 0.775. The van der Waals surface area contributed by atoms with Gasteiger partial charge in [-0.05, 0) is 31.5 Å². The zero-order valence-electron chi connectivity index (χ0n) is 12.7. The summed E-state index contributed by atoms with van der Waals surface area (Å²) in [6.07, 6.45) is 3.61. The zero-order valence-corrected chi connectivity index (χ0v) is 12.7. The first-order chi connectivity index (χ1) is 9.90. The second-order valence-corrected chi connectivity index (χ2v) is 5.54. The van der Waals surface area contributed by atoms with Crippen LogP contribution in [0, 0.1) is 0 Å². The first-order valence-electron chi connectivity index (χ1n) is 7.98. The average Bonchev–Trinajstić information content (AvgIpc) is 2.74. The van der Waals surface area contributed by atoms with Crippen LogP contribution in [0.25, 0.3) is 0 Å². The van der Waals surface area contributed by atoms with Gasteiger partial charge in [-0.15, -0.1) is 0 Å². The molecule has 0 bridgehead atoms. The molecule has 1 aliphatic rings. The van der Waals surface area contributed by atoms with Crippen LogP contribution >= 0.6 is 0 Å². The molecule has 0 amide bonds. The van der Waals surface area contributed by atoms with Gasteiger partial charge in [0.05, 0.1) is 6.61 Å². The summed E-state index contributed by atoms with van der Waals surface area (Å²) in [4.78, 5) is 2.53. The molecule has 1 atom stereocenters. The van der Waals surface area contributed by atoms with Gasteiger partial charge in [0.25, 0.3) is 0 Å². The van der Waals surface area contributed by atoms with Crippen molar-refractivity contribution in [3.63, 3.8) is 0 Å². The summed E-state index contributed by atoms with van der Waals surface area (Å²) in [6.45, 7) is 8.39. The van der Waals surface area contributed by atoms with Crippen LogP contribution in [0.5, 0.6) is 0 Å². The molecular weight excluding hydrogens is 248 g/mol. The van der Waals surface area contributed by atoms with Crippen LogP contribution in [0.2, 0.25) is 0 Å². The molecule has 0 aliphatic carbocycles. The van der Waals surface area contributed by atoms with E-state index in [0.29, 0.717) is 6.04 Å². The fraction of sp³-hybridized carbons (Fsp3) is 0.647. The van der Waals surface area contributed by atoms with Crippen molar-refractivity contribution in [1.29, 1.82) is 0 Å². The van der Waals surface area contributed by atoms with Crippen LogP contribution in [0.3, 0.4) is 0 Å². The van der Waals surface area contributed by atoms with Crippen molar-refractivity contribution in [2.24, 2.45) is 0 Å². The van der Waals surface area contributed by atoms with Crippen molar-refractivity contribution in [2.45, 2.75) is 32.2 Å². The molecule has 20 heavy (non-hydrogen) atoms. The van der Waals surface area contributed by atoms with Crippen molar-refractivity contribution in [3.05, 3.63) is 35.9 Å². The molecule has 1 fully saturated rings. The normalized spacial score (nSPS) is 20.8. The van der Waals surface area contributed by atoms with E-state index < -0.39 is 0 Å². The summed E-state index contributed by atoms with van der Waals surface area (Å²) < 4.78 is 5.70. The molecular formula is C17H28N2O. The van der Waals surface area contributed by atoms with Gasteiger partial charge in [0.15, 0.2) is 0 Å². The summed E-state index contributed by atoms with van der Waals surface area (Å²) in [7, 11) is 0. The van der Waals surface area contributed by atoms with Gasteiger partial charge in [-0.2, -0.15) is 0 Å². The molecule has 0 saturated carbocycles. The maximum absolute atomic E-state index is 5.70. The van der Waals surface area contributed by atoms with Gasteiger partial charge in [-0.1, -0.05) is 43.7 Å². The Kier molecular flexibility index (Phi) is 7.06. The smallest absolute Gasteiger partial charge is 0.0593 e. The fourth-order valence-electron chi connectivity index (χ4n) is 2.65. The van der Waals surface area contributed by atoms with E-state index in [2.05, 4.69) is 47.5 Å². The number of hydrogen-bond acceptors (Lipinski definition) is 3. The molecule has 1 aromatic carbocycles. The van der Waals surface area contributed by atoms with E-state index in [1.807, 2.05) is 0 Å². The molecule has 1 heterocycles. The molecule has 1 saturated heterocycles. The van der Waals surface area contributed by atoms with Gasteiger partial charge in [0.2, 0.25) is 0 Å². The van der Waals surface area contributed by atoms with Crippen LogP contribution in [-0.2, 0) is 4.74 Å². The number of hydrogen-bond donors (Lipinski definition) is 1. The van der Waals surface area contributed by atoms with Crippen LogP contribution in [-0.4, -0.2) is 44.3 Å². The van der Waals surface area contributed by atoms with Crippen LogP contribution in [0.4, 0.5) is 0 Å². The highest BCUT2D eigenvalue weighted by molar-refractivity contribution is 5.19. The lowest BCUT2D eigenvalue weighted by atomic mass is 10.1. The third-order valence-electron chi connectivity index (χ3n) is 3.88. The van der Waals surface area contributed by atoms with Crippen molar-refractivity contribution in [1.82, 2.24) is 10.2 Å². The predicted octanol–water partition coefficient (Wildman–Crippen LogP) is 2.84. The first kappa shape index (κ1) is 15.5. The Hall–Kier alpha value is -0.900. The van der Waals surface area contributed by atoms with Crippen molar-refractivity contribution < 1.29 is 4.74 Å². The Bertz CT molecular complexity index is 355. The highest BCUT2D eigenvalue weighted by atomic mass is 16.5. The summed E-state index contributed by atoms with van der Waals surface area (Å²) in [6, 6.07) is 11.2. The van der Waals surface area contributed by atoms with Gasteiger partial charge in [-0.3, -0.25) is 4.90 Å². The molecule has 1 aromatic rings. The Morgan fingerprint density at radius 2 is 2.10 bits per heavy atom. The van der Waals surface area contributed by atoms with Crippen LogP contribution < -0.4 is 5.32 Å². The number of unbranched alkanes of at least 4 members (excludes halogenated alkanes) is 1. The molecule has 0 spiro atoms. The third kappa shape index (κ3) is 5.23. The lowest BCUT2D eigenvalue weighted by molar-refractivity contribution is 0.101. The highest BCUT2D eigenvalue weighted by Crippen LogP contribution is 2.16. The monoisotopic (exact) mass is 276 g/mol. The SMILES string of the molecule is CCCCOCCN1CCCNC(c2ccccc2)C1. The van der Waals surface area contributed by atoms with Crippen LogP contribution in [0.15, 0.2) is 30.3 Å². The van der Waals surface area contributed by atoms with Gasteiger partial charge < -0.3 is 10.1 Å².